The Kier molecular flexibility index (Phi) is 4.71. The van der Waals surface area contributed by atoms with E-state index in [0.717, 1.165) is 30.3 Å². The molecule has 1 fully saturated rings. The van der Waals surface area contributed by atoms with Crippen molar-refractivity contribution in [1.82, 2.24) is 9.97 Å². The fourth-order valence-electron chi connectivity index (χ4n) is 2.64. The summed E-state index contributed by atoms with van der Waals surface area (Å²) >= 11 is 0. The van der Waals surface area contributed by atoms with Crippen molar-refractivity contribution in [3.05, 3.63) is 42.2 Å². The lowest BCUT2D eigenvalue weighted by Crippen LogP contribution is -2.31. The van der Waals surface area contributed by atoms with Crippen molar-refractivity contribution >= 4 is 23.4 Å². The van der Waals surface area contributed by atoms with Crippen molar-refractivity contribution in [3.63, 3.8) is 0 Å². The highest BCUT2D eigenvalue weighted by molar-refractivity contribution is 6.00. The van der Waals surface area contributed by atoms with Gasteiger partial charge in [0.2, 0.25) is 5.95 Å². The normalized spacial score (nSPS) is 14.4. The molecule has 1 saturated heterocycles. The van der Waals surface area contributed by atoms with Crippen LogP contribution in [0.1, 0.15) is 24.8 Å². The molecular weight excluding hydrogens is 290 g/mol. The van der Waals surface area contributed by atoms with E-state index in [2.05, 4.69) is 25.5 Å². The fraction of sp³-hybridized carbons (Fsp3) is 0.353. The molecule has 1 aliphatic rings. The van der Waals surface area contributed by atoms with Crippen LogP contribution in [0.3, 0.4) is 0 Å². The number of para-hydroxylation sites is 1. The zero-order chi connectivity index (χ0) is 16.1. The first-order chi connectivity index (χ1) is 11.2. The van der Waals surface area contributed by atoms with E-state index >= 15 is 0 Å². The summed E-state index contributed by atoms with van der Waals surface area (Å²) in [6, 6.07) is 7.34. The lowest BCUT2D eigenvalue weighted by molar-refractivity contribution is 0.262. The van der Waals surface area contributed by atoms with Crippen LogP contribution in [0.2, 0.25) is 0 Å². The molecule has 0 radical (unpaired) electrons. The van der Waals surface area contributed by atoms with Gasteiger partial charge in [-0.3, -0.25) is 0 Å². The minimum atomic E-state index is -0.298. The number of amides is 2. The third kappa shape index (κ3) is 3.97. The Labute approximate surface area is 135 Å². The van der Waals surface area contributed by atoms with Gasteiger partial charge in [0.25, 0.3) is 0 Å². The maximum atomic E-state index is 12.0. The third-order valence-corrected chi connectivity index (χ3v) is 3.93. The number of aryl methyl sites for hydroxylation is 1. The second-order valence-corrected chi connectivity index (χ2v) is 5.71. The Morgan fingerprint density at radius 1 is 1.04 bits per heavy atom. The molecule has 0 saturated carbocycles. The molecular formula is C17H21N5O. The summed E-state index contributed by atoms with van der Waals surface area (Å²) < 4.78 is 0. The maximum Gasteiger partial charge on any atom is 0.323 e. The quantitative estimate of drug-likeness (QED) is 0.911. The highest BCUT2D eigenvalue weighted by Crippen LogP contribution is 2.17. The van der Waals surface area contributed by atoms with Gasteiger partial charge >= 0.3 is 6.03 Å². The van der Waals surface area contributed by atoms with E-state index in [9.17, 15) is 4.79 Å². The number of hydrogen-bond acceptors (Lipinski definition) is 4. The van der Waals surface area contributed by atoms with Crippen LogP contribution in [-0.4, -0.2) is 29.1 Å². The van der Waals surface area contributed by atoms with E-state index in [4.69, 9.17) is 0 Å². The second-order valence-electron chi connectivity index (χ2n) is 5.71. The summed E-state index contributed by atoms with van der Waals surface area (Å²) in [5, 5.41) is 5.57. The van der Waals surface area contributed by atoms with Crippen molar-refractivity contribution < 1.29 is 4.79 Å². The molecule has 0 bridgehead atoms. The van der Waals surface area contributed by atoms with Crippen LogP contribution >= 0.6 is 0 Å². The Morgan fingerprint density at radius 2 is 1.74 bits per heavy atom. The van der Waals surface area contributed by atoms with Gasteiger partial charge in [-0.2, -0.15) is 0 Å². The zero-order valence-corrected chi connectivity index (χ0v) is 13.2. The summed E-state index contributed by atoms with van der Waals surface area (Å²) in [6.07, 6.45) is 6.93. The number of urea groups is 1. The fourth-order valence-corrected chi connectivity index (χ4v) is 2.64. The first kappa shape index (κ1) is 15.3. The molecule has 3 rings (SSSR count). The van der Waals surface area contributed by atoms with Crippen molar-refractivity contribution in [2.24, 2.45) is 0 Å². The third-order valence-electron chi connectivity index (χ3n) is 3.93. The lowest BCUT2D eigenvalue weighted by Gasteiger charge is -2.26. The van der Waals surface area contributed by atoms with Crippen LogP contribution in [0.25, 0.3) is 0 Å². The summed E-state index contributed by atoms with van der Waals surface area (Å²) in [6.45, 7) is 3.95. The number of nitrogens with zero attached hydrogens (tertiary/aromatic N) is 3. The lowest BCUT2D eigenvalue weighted by atomic mass is 10.1. The average Bonchev–Trinajstić information content (AvgIpc) is 2.58. The average molecular weight is 311 g/mol. The van der Waals surface area contributed by atoms with Crippen LogP contribution in [0.4, 0.5) is 22.1 Å². The van der Waals surface area contributed by atoms with Gasteiger partial charge in [-0.1, -0.05) is 18.2 Å². The van der Waals surface area contributed by atoms with Gasteiger partial charge in [0.05, 0.1) is 18.1 Å². The molecule has 1 aromatic carbocycles. The van der Waals surface area contributed by atoms with Crippen LogP contribution in [0, 0.1) is 6.92 Å². The van der Waals surface area contributed by atoms with E-state index in [1.165, 1.54) is 19.3 Å². The number of aromatic nitrogens is 2. The van der Waals surface area contributed by atoms with E-state index in [0.29, 0.717) is 5.69 Å². The number of carbonyl (C=O) groups excluding carboxylic acids is 1. The molecule has 2 N–H and O–H groups in total. The van der Waals surface area contributed by atoms with E-state index in [1.54, 1.807) is 12.4 Å². The predicted molar refractivity (Wildman–Crippen MR) is 91.9 cm³/mol. The Bertz CT molecular complexity index is 665. The first-order valence-corrected chi connectivity index (χ1v) is 7.93. The molecule has 6 nitrogen and oxygen atoms in total. The van der Waals surface area contributed by atoms with Crippen molar-refractivity contribution in [3.8, 4) is 0 Å². The smallest absolute Gasteiger partial charge is 0.323 e. The van der Waals surface area contributed by atoms with Gasteiger partial charge in [-0.05, 0) is 37.8 Å². The monoisotopic (exact) mass is 311 g/mol. The summed E-state index contributed by atoms with van der Waals surface area (Å²) in [4.78, 5) is 22.9. The van der Waals surface area contributed by atoms with E-state index < -0.39 is 0 Å². The van der Waals surface area contributed by atoms with Crippen LogP contribution < -0.4 is 15.5 Å². The highest BCUT2D eigenvalue weighted by atomic mass is 16.2. The number of piperidine rings is 1. The molecule has 2 aromatic rings. The SMILES string of the molecule is Cc1ccccc1NC(=O)Nc1cnc(N2CCCCC2)nc1. The molecule has 1 aliphatic heterocycles. The number of hydrogen-bond donors (Lipinski definition) is 2. The van der Waals surface area contributed by atoms with Gasteiger partial charge in [0.1, 0.15) is 0 Å². The number of anilines is 3. The highest BCUT2D eigenvalue weighted by Gasteiger charge is 2.13. The largest absolute Gasteiger partial charge is 0.341 e. The van der Waals surface area contributed by atoms with Crippen molar-refractivity contribution in [2.45, 2.75) is 26.2 Å². The van der Waals surface area contributed by atoms with Gasteiger partial charge in [-0.15, -0.1) is 0 Å². The van der Waals surface area contributed by atoms with Crippen LogP contribution in [0.15, 0.2) is 36.7 Å². The zero-order valence-electron chi connectivity index (χ0n) is 13.2. The molecule has 0 atom stereocenters. The molecule has 0 spiro atoms. The molecule has 1 aromatic heterocycles. The van der Waals surface area contributed by atoms with Gasteiger partial charge in [0, 0.05) is 18.8 Å². The van der Waals surface area contributed by atoms with Crippen LogP contribution in [-0.2, 0) is 0 Å². The molecule has 0 aliphatic carbocycles. The number of nitrogens with one attached hydrogen (secondary N) is 2. The summed E-state index contributed by atoms with van der Waals surface area (Å²) in [5.41, 5.74) is 2.38. The first-order valence-electron chi connectivity index (χ1n) is 7.93. The number of rotatable bonds is 3. The van der Waals surface area contributed by atoms with Gasteiger partial charge < -0.3 is 15.5 Å². The Morgan fingerprint density at radius 3 is 2.43 bits per heavy atom. The van der Waals surface area contributed by atoms with Crippen molar-refractivity contribution in [1.29, 1.82) is 0 Å². The molecule has 120 valence electrons. The molecule has 6 heteroatoms. The van der Waals surface area contributed by atoms with E-state index in [1.807, 2.05) is 31.2 Å². The number of carbonyl (C=O) groups is 1. The minimum absolute atomic E-state index is 0.298. The maximum absolute atomic E-state index is 12.0. The van der Waals surface area contributed by atoms with Crippen molar-refractivity contribution in [2.75, 3.05) is 28.6 Å². The molecule has 23 heavy (non-hydrogen) atoms. The molecule has 2 heterocycles. The Balaban J connectivity index is 1.59. The Hall–Kier alpha value is -2.63. The second kappa shape index (κ2) is 7.09. The summed E-state index contributed by atoms with van der Waals surface area (Å²) in [7, 11) is 0. The predicted octanol–water partition coefficient (Wildman–Crippen LogP) is 3.42. The van der Waals surface area contributed by atoms with E-state index in [-0.39, 0.29) is 6.03 Å². The van der Waals surface area contributed by atoms with Gasteiger partial charge in [0.15, 0.2) is 0 Å². The standard InChI is InChI=1S/C17H21N5O/c1-13-7-3-4-8-15(13)21-17(23)20-14-11-18-16(19-12-14)22-9-5-2-6-10-22/h3-4,7-8,11-12H,2,5-6,9-10H2,1H3,(H2,20,21,23). The van der Waals surface area contributed by atoms with Gasteiger partial charge in [-0.25, -0.2) is 14.8 Å². The topological polar surface area (TPSA) is 70.2 Å². The minimum Gasteiger partial charge on any atom is -0.341 e. The van der Waals surface area contributed by atoms with Crippen LogP contribution in [0.5, 0.6) is 0 Å². The molecule has 2 amide bonds. The molecule has 0 unspecified atom stereocenters. The number of benzene rings is 1. The summed E-state index contributed by atoms with van der Waals surface area (Å²) in [5.74, 6) is 0.731.